The first-order valence-electron chi connectivity index (χ1n) is 9.05. The summed E-state index contributed by atoms with van der Waals surface area (Å²) in [7, 11) is 0. The zero-order valence-corrected chi connectivity index (χ0v) is 16.2. The molecule has 1 aromatic heterocycles. The minimum atomic E-state index is -0.259. The molecule has 0 spiro atoms. The van der Waals surface area contributed by atoms with E-state index >= 15 is 0 Å². The zero-order valence-electron chi connectivity index (χ0n) is 16.2. The Labute approximate surface area is 163 Å². The van der Waals surface area contributed by atoms with E-state index in [4.69, 9.17) is 9.26 Å². The van der Waals surface area contributed by atoms with E-state index in [-0.39, 0.29) is 18.4 Å². The average Bonchev–Trinajstić information content (AvgIpc) is 3.00. The van der Waals surface area contributed by atoms with Crippen LogP contribution in [0, 0.1) is 13.8 Å². The van der Waals surface area contributed by atoms with Gasteiger partial charge in [-0.3, -0.25) is 9.59 Å². The van der Waals surface area contributed by atoms with Crippen LogP contribution in [0.4, 0.5) is 0 Å². The van der Waals surface area contributed by atoms with Crippen molar-refractivity contribution in [3.8, 4) is 5.75 Å². The van der Waals surface area contributed by atoms with Crippen LogP contribution in [0.2, 0.25) is 0 Å². The van der Waals surface area contributed by atoms with Crippen molar-refractivity contribution < 1.29 is 18.8 Å². The van der Waals surface area contributed by atoms with E-state index in [1.54, 1.807) is 0 Å². The van der Waals surface area contributed by atoms with Gasteiger partial charge in [0.05, 0.1) is 16.8 Å². The Morgan fingerprint density at radius 1 is 1.07 bits per heavy atom. The number of carbonyl (C=O) groups excluding carboxylic acids is 2. The molecule has 1 heterocycles. The van der Waals surface area contributed by atoms with Crippen molar-refractivity contribution in [3.05, 3.63) is 59.0 Å². The standard InChI is InChI=1S/C21H23N3O4/c1-13-19(14(2)28-24-13)12-27-20-11-17-7-5-4-6-16(17)10-18(20)21(26)23-9-8-22-15(3)25/h4-7,10-11H,8-9,12H2,1-3H3,(H,22,25)(H,23,26). The normalized spacial score (nSPS) is 10.7. The predicted molar refractivity (Wildman–Crippen MR) is 105 cm³/mol. The minimum Gasteiger partial charge on any atom is -0.488 e. The van der Waals surface area contributed by atoms with E-state index in [9.17, 15) is 9.59 Å². The van der Waals surface area contributed by atoms with Gasteiger partial charge in [0.15, 0.2) is 0 Å². The summed E-state index contributed by atoms with van der Waals surface area (Å²) in [6.45, 7) is 6.07. The molecule has 0 aliphatic rings. The maximum atomic E-state index is 12.7. The second kappa shape index (κ2) is 8.56. The molecule has 3 rings (SSSR count). The second-order valence-electron chi connectivity index (χ2n) is 6.53. The number of aromatic nitrogens is 1. The number of carbonyl (C=O) groups is 2. The van der Waals surface area contributed by atoms with Gasteiger partial charge in [0, 0.05) is 20.0 Å². The van der Waals surface area contributed by atoms with Gasteiger partial charge < -0.3 is 19.9 Å². The van der Waals surface area contributed by atoms with Crippen molar-refractivity contribution >= 4 is 22.6 Å². The lowest BCUT2D eigenvalue weighted by molar-refractivity contribution is -0.118. The number of nitrogens with zero attached hydrogens (tertiary/aromatic N) is 1. The fraction of sp³-hybridized carbons (Fsp3) is 0.286. The van der Waals surface area contributed by atoms with Gasteiger partial charge in [-0.25, -0.2) is 0 Å². The molecule has 7 nitrogen and oxygen atoms in total. The molecule has 2 N–H and O–H groups in total. The molecule has 0 saturated carbocycles. The molecular formula is C21H23N3O4. The fourth-order valence-electron chi connectivity index (χ4n) is 2.88. The first kappa shape index (κ1) is 19.4. The van der Waals surface area contributed by atoms with Gasteiger partial charge >= 0.3 is 0 Å². The summed E-state index contributed by atoms with van der Waals surface area (Å²) in [6, 6.07) is 11.4. The van der Waals surface area contributed by atoms with Crippen LogP contribution >= 0.6 is 0 Å². The van der Waals surface area contributed by atoms with Gasteiger partial charge in [-0.05, 0) is 36.8 Å². The Balaban J connectivity index is 1.83. The molecule has 0 bridgehead atoms. The molecule has 3 aromatic rings. The Morgan fingerprint density at radius 2 is 1.75 bits per heavy atom. The summed E-state index contributed by atoms with van der Waals surface area (Å²) in [5.41, 5.74) is 2.07. The lowest BCUT2D eigenvalue weighted by Gasteiger charge is -2.13. The van der Waals surface area contributed by atoms with E-state index in [0.29, 0.717) is 30.2 Å². The van der Waals surface area contributed by atoms with Gasteiger partial charge in [0.1, 0.15) is 18.1 Å². The molecule has 0 radical (unpaired) electrons. The molecule has 0 unspecified atom stereocenters. The van der Waals surface area contributed by atoms with Crippen LogP contribution in [0.25, 0.3) is 10.8 Å². The van der Waals surface area contributed by atoms with Crippen molar-refractivity contribution in [2.24, 2.45) is 0 Å². The van der Waals surface area contributed by atoms with E-state index in [1.165, 1.54) is 6.92 Å². The molecule has 28 heavy (non-hydrogen) atoms. The average molecular weight is 381 g/mol. The molecule has 0 aliphatic carbocycles. The van der Waals surface area contributed by atoms with E-state index in [0.717, 1.165) is 22.0 Å². The molecule has 2 amide bonds. The van der Waals surface area contributed by atoms with Crippen LogP contribution < -0.4 is 15.4 Å². The summed E-state index contributed by atoms with van der Waals surface area (Å²) in [5.74, 6) is 0.781. The number of ether oxygens (including phenoxy) is 1. The number of fused-ring (bicyclic) bond motifs is 1. The van der Waals surface area contributed by atoms with Crippen LogP contribution in [-0.2, 0) is 11.4 Å². The third-order valence-electron chi connectivity index (χ3n) is 4.43. The molecule has 7 heteroatoms. The summed E-state index contributed by atoms with van der Waals surface area (Å²) in [5, 5.41) is 11.3. The van der Waals surface area contributed by atoms with Crippen molar-refractivity contribution in [2.75, 3.05) is 13.1 Å². The Kier molecular flexibility index (Phi) is 5.93. The van der Waals surface area contributed by atoms with Gasteiger partial charge in [-0.1, -0.05) is 29.4 Å². The van der Waals surface area contributed by atoms with Crippen molar-refractivity contribution in [1.82, 2.24) is 15.8 Å². The SMILES string of the molecule is CC(=O)NCCNC(=O)c1cc2ccccc2cc1OCc1c(C)noc1C. The monoisotopic (exact) mass is 381 g/mol. The minimum absolute atomic E-state index is 0.136. The zero-order chi connectivity index (χ0) is 20.1. The van der Waals surface area contributed by atoms with Crippen molar-refractivity contribution in [1.29, 1.82) is 0 Å². The second-order valence-corrected chi connectivity index (χ2v) is 6.53. The van der Waals surface area contributed by atoms with Gasteiger partial charge in [0.25, 0.3) is 5.91 Å². The molecule has 0 fully saturated rings. The summed E-state index contributed by atoms with van der Waals surface area (Å²) >= 11 is 0. The number of benzene rings is 2. The first-order valence-corrected chi connectivity index (χ1v) is 9.05. The van der Waals surface area contributed by atoms with E-state index in [2.05, 4.69) is 15.8 Å². The van der Waals surface area contributed by atoms with Crippen LogP contribution in [0.15, 0.2) is 40.9 Å². The number of nitrogens with one attached hydrogen (secondary N) is 2. The third kappa shape index (κ3) is 4.49. The van der Waals surface area contributed by atoms with Crippen LogP contribution in [0.1, 0.15) is 34.3 Å². The molecular weight excluding hydrogens is 358 g/mol. The summed E-state index contributed by atoms with van der Waals surface area (Å²) in [4.78, 5) is 23.7. The fourth-order valence-corrected chi connectivity index (χ4v) is 2.88. The number of hydrogen-bond acceptors (Lipinski definition) is 5. The molecule has 2 aromatic carbocycles. The van der Waals surface area contributed by atoms with E-state index in [1.807, 2.05) is 50.2 Å². The Hall–Kier alpha value is -3.35. The van der Waals surface area contributed by atoms with Crippen LogP contribution in [-0.4, -0.2) is 30.1 Å². The number of aryl methyl sites for hydroxylation is 2. The lowest BCUT2D eigenvalue weighted by Crippen LogP contribution is -2.33. The molecule has 0 aliphatic heterocycles. The van der Waals surface area contributed by atoms with Gasteiger partial charge in [-0.2, -0.15) is 0 Å². The highest BCUT2D eigenvalue weighted by Gasteiger charge is 2.16. The quantitative estimate of drug-likeness (QED) is 0.614. The van der Waals surface area contributed by atoms with Crippen LogP contribution in [0.3, 0.4) is 0 Å². The van der Waals surface area contributed by atoms with Crippen molar-refractivity contribution in [2.45, 2.75) is 27.4 Å². The predicted octanol–water partition coefficient (Wildman–Crippen LogP) is 2.89. The highest BCUT2D eigenvalue weighted by Crippen LogP contribution is 2.27. The maximum absolute atomic E-state index is 12.7. The topological polar surface area (TPSA) is 93.5 Å². The maximum Gasteiger partial charge on any atom is 0.255 e. The first-order chi connectivity index (χ1) is 13.5. The molecule has 146 valence electrons. The number of hydrogen-bond donors (Lipinski definition) is 2. The summed E-state index contributed by atoms with van der Waals surface area (Å²) in [6.07, 6.45) is 0. The molecule has 0 atom stereocenters. The smallest absolute Gasteiger partial charge is 0.255 e. The third-order valence-corrected chi connectivity index (χ3v) is 4.43. The largest absolute Gasteiger partial charge is 0.488 e. The number of amides is 2. The van der Waals surface area contributed by atoms with Crippen LogP contribution in [0.5, 0.6) is 5.75 Å². The lowest BCUT2D eigenvalue weighted by atomic mass is 10.1. The number of rotatable bonds is 7. The van der Waals surface area contributed by atoms with E-state index < -0.39 is 0 Å². The Bertz CT molecular complexity index is 991. The highest BCUT2D eigenvalue weighted by atomic mass is 16.5. The highest BCUT2D eigenvalue weighted by molar-refractivity contribution is 6.01. The van der Waals surface area contributed by atoms with Crippen molar-refractivity contribution in [3.63, 3.8) is 0 Å². The van der Waals surface area contributed by atoms with Gasteiger partial charge in [-0.15, -0.1) is 0 Å². The summed E-state index contributed by atoms with van der Waals surface area (Å²) < 4.78 is 11.2. The molecule has 0 saturated heterocycles. The van der Waals surface area contributed by atoms with Gasteiger partial charge in [0.2, 0.25) is 5.91 Å². The Morgan fingerprint density at radius 3 is 2.39 bits per heavy atom.